The molecule has 1 fully saturated rings. The number of amides is 2. The molecule has 0 aliphatic carbocycles. The number of carbonyl (C=O) groups is 2. The Morgan fingerprint density at radius 3 is 2.09 bits per heavy atom. The van der Waals surface area contributed by atoms with Gasteiger partial charge < -0.3 is 15.5 Å². The molecule has 2 amide bonds. The van der Waals surface area contributed by atoms with Crippen LogP contribution in [0.2, 0.25) is 0 Å². The van der Waals surface area contributed by atoms with Crippen molar-refractivity contribution in [3.8, 4) is 0 Å². The molecule has 0 saturated carbocycles. The standard InChI is InChI=1S/C23H26FN5O2.HI/c24-17-7-9-18(10-8-17)27-13-15-28(16-14-27)23(25)26-11-3-4-12-29-21(30)19-5-1-2-6-20(19)22(29)31;/h1-2,5-10H,3-4,11-16H2,(H2,25,26);1H. The summed E-state index contributed by atoms with van der Waals surface area (Å²) in [5.41, 5.74) is 8.11. The Labute approximate surface area is 204 Å². The summed E-state index contributed by atoms with van der Waals surface area (Å²) in [6.07, 6.45) is 1.42. The lowest BCUT2D eigenvalue weighted by Gasteiger charge is -2.36. The van der Waals surface area contributed by atoms with Gasteiger partial charge >= 0.3 is 0 Å². The van der Waals surface area contributed by atoms with Crippen molar-refractivity contribution < 1.29 is 14.0 Å². The van der Waals surface area contributed by atoms with E-state index in [0.29, 0.717) is 36.6 Å². The normalized spacial score (nSPS) is 16.3. The molecular weight excluding hydrogens is 524 g/mol. The lowest BCUT2D eigenvalue weighted by Crippen LogP contribution is -2.51. The number of fused-ring (bicyclic) bond motifs is 1. The van der Waals surface area contributed by atoms with Gasteiger partial charge in [-0.1, -0.05) is 12.1 Å². The van der Waals surface area contributed by atoms with Crippen molar-refractivity contribution in [2.75, 3.05) is 44.2 Å². The molecule has 9 heteroatoms. The van der Waals surface area contributed by atoms with E-state index in [1.165, 1.54) is 17.0 Å². The molecule has 7 nitrogen and oxygen atoms in total. The fourth-order valence-corrected chi connectivity index (χ4v) is 3.96. The number of benzene rings is 2. The molecule has 0 atom stereocenters. The number of hydrogen-bond acceptors (Lipinski definition) is 4. The van der Waals surface area contributed by atoms with Gasteiger partial charge in [0.2, 0.25) is 0 Å². The summed E-state index contributed by atoms with van der Waals surface area (Å²) in [5.74, 6) is -0.161. The maximum atomic E-state index is 13.1. The second-order valence-corrected chi connectivity index (χ2v) is 7.71. The summed E-state index contributed by atoms with van der Waals surface area (Å²) in [6, 6.07) is 13.4. The Bertz CT molecular complexity index is 955. The first kappa shape index (κ1) is 24.0. The Balaban J connectivity index is 0.00000289. The summed E-state index contributed by atoms with van der Waals surface area (Å²) in [6.45, 7) is 4.03. The van der Waals surface area contributed by atoms with E-state index in [-0.39, 0.29) is 41.6 Å². The van der Waals surface area contributed by atoms with Gasteiger partial charge in [0.1, 0.15) is 5.82 Å². The number of anilines is 1. The number of nitrogens with zero attached hydrogens (tertiary/aromatic N) is 4. The highest BCUT2D eigenvalue weighted by Crippen LogP contribution is 2.22. The number of nitrogens with two attached hydrogens (primary N) is 1. The topological polar surface area (TPSA) is 82.2 Å². The predicted molar refractivity (Wildman–Crippen MR) is 133 cm³/mol. The van der Waals surface area contributed by atoms with E-state index in [1.807, 2.05) is 4.90 Å². The molecule has 0 unspecified atom stereocenters. The second-order valence-electron chi connectivity index (χ2n) is 7.71. The van der Waals surface area contributed by atoms with Gasteiger partial charge in [0, 0.05) is 45.0 Å². The summed E-state index contributed by atoms with van der Waals surface area (Å²) in [5, 5.41) is 0. The van der Waals surface area contributed by atoms with Crippen LogP contribution in [-0.4, -0.2) is 66.8 Å². The van der Waals surface area contributed by atoms with Crippen molar-refractivity contribution in [1.29, 1.82) is 0 Å². The fourth-order valence-electron chi connectivity index (χ4n) is 3.96. The number of piperazine rings is 1. The van der Waals surface area contributed by atoms with E-state index in [0.717, 1.165) is 38.3 Å². The molecule has 0 aromatic heterocycles. The van der Waals surface area contributed by atoms with Crippen LogP contribution in [0.15, 0.2) is 53.5 Å². The Morgan fingerprint density at radius 1 is 0.906 bits per heavy atom. The molecule has 170 valence electrons. The summed E-state index contributed by atoms with van der Waals surface area (Å²) in [4.78, 5) is 34.7. The molecule has 32 heavy (non-hydrogen) atoms. The first-order valence-corrected chi connectivity index (χ1v) is 10.6. The molecule has 2 heterocycles. The lowest BCUT2D eigenvalue weighted by atomic mass is 10.1. The average molecular weight is 551 g/mol. The van der Waals surface area contributed by atoms with Gasteiger partial charge in [-0.05, 0) is 49.2 Å². The SMILES string of the molecule is I.NC(=NCCCCN1C(=O)c2ccccc2C1=O)N1CCN(c2ccc(F)cc2)CC1. The minimum absolute atomic E-state index is 0. The number of carbonyl (C=O) groups excluding carboxylic acids is 2. The van der Waals surface area contributed by atoms with E-state index in [4.69, 9.17) is 5.73 Å². The Hall–Kier alpha value is -2.69. The van der Waals surface area contributed by atoms with Crippen LogP contribution in [0.4, 0.5) is 10.1 Å². The third kappa shape index (κ3) is 5.20. The molecule has 1 saturated heterocycles. The smallest absolute Gasteiger partial charge is 0.261 e. The first-order chi connectivity index (χ1) is 15.0. The van der Waals surface area contributed by atoms with Crippen LogP contribution in [0.25, 0.3) is 0 Å². The predicted octanol–water partition coefficient (Wildman–Crippen LogP) is 2.96. The molecule has 2 aromatic carbocycles. The van der Waals surface area contributed by atoms with E-state index in [2.05, 4.69) is 9.89 Å². The second kappa shape index (κ2) is 10.8. The van der Waals surface area contributed by atoms with Crippen LogP contribution in [0.3, 0.4) is 0 Å². The molecule has 0 radical (unpaired) electrons. The number of unbranched alkanes of at least 4 members (excludes halogenated alkanes) is 1. The van der Waals surface area contributed by atoms with E-state index in [9.17, 15) is 14.0 Å². The summed E-state index contributed by atoms with van der Waals surface area (Å²) < 4.78 is 13.1. The van der Waals surface area contributed by atoms with Crippen LogP contribution in [0, 0.1) is 5.82 Å². The lowest BCUT2D eigenvalue weighted by molar-refractivity contribution is 0.0652. The van der Waals surface area contributed by atoms with Crippen LogP contribution in [-0.2, 0) is 0 Å². The molecule has 2 aliphatic heterocycles. The number of imide groups is 1. The van der Waals surface area contributed by atoms with E-state index < -0.39 is 0 Å². The summed E-state index contributed by atoms with van der Waals surface area (Å²) in [7, 11) is 0. The summed E-state index contributed by atoms with van der Waals surface area (Å²) >= 11 is 0. The number of hydrogen-bond donors (Lipinski definition) is 1. The van der Waals surface area contributed by atoms with Gasteiger partial charge in [0.05, 0.1) is 11.1 Å². The third-order valence-electron chi connectivity index (χ3n) is 5.74. The van der Waals surface area contributed by atoms with Crippen LogP contribution < -0.4 is 10.6 Å². The third-order valence-corrected chi connectivity index (χ3v) is 5.74. The highest BCUT2D eigenvalue weighted by molar-refractivity contribution is 14.0. The molecule has 2 aromatic rings. The zero-order chi connectivity index (χ0) is 21.8. The van der Waals surface area contributed by atoms with Gasteiger partial charge in [-0.2, -0.15) is 0 Å². The number of guanidine groups is 1. The van der Waals surface area contributed by atoms with Gasteiger partial charge in [-0.15, -0.1) is 24.0 Å². The molecule has 0 bridgehead atoms. The monoisotopic (exact) mass is 551 g/mol. The van der Waals surface area contributed by atoms with E-state index >= 15 is 0 Å². The van der Waals surface area contributed by atoms with Gasteiger partial charge in [-0.25, -0.2) is 4.39 Å². The van der Waals surface area contributed by atoms with Crippen LogP contribution >= 0.6 is 24.0 Å². The van der Waals surface area contributed by atoms with Gasteiger partial charge in [-0.3, -0.25) is 19.5 Å². The largest absolute Gasteiger partial charge is 0.370 e. The van der Waals surface area contributed by atoms with Gasteiger partial charge in [0.15, 0.2) is 5.96 Å². The maximum Gasteiger partial charge on any atom is 0.261 e. The minimum atomic E-state index is -0.234. The van der Waals surface area contributed by atoms with Crippen molar-refractivity contribution in [3.05, 3.63) is 65.5 Å². The molecular formula is C23H27FIN5O2. The zero-order valence-electron chi connectivity index (χ0n) is 17.7. The maximum absolute atomic E-state index is 13.1. The highest BCUT2D eigenvalue weighted by Gasteiger charge is 2.34. The fraction of sp³-hybridized carbons (Fsp3) is 0.348. The molecule has 2 N–H and O–H groups in total. The highest BCUT2D eigenvalue weighted by atomic mass is 127. The van der Waals surface area contributed by atoms with Crippen LogP contribution in [0.5, 0.6) is 0 Å². The van der Waals surface area contributed by atoms with Crippen molar-refractivity contribution >= 4 is 47.4 Å². The molecule has 2 aliphatic rings. The van der Waals surface area contributed by atoms with Gasteiger partial charge in [0.25, 0.3) is 11.8 Å². The average Bonchev–Trinajstić information content (AvgIpc) is 3.04. The van der Waals surface area contributed by atoms with Crippen molar-refractivity contribution in [2.45, 2.75) is 12.8 Å². The number of rotatable bonds is 6. The first-order valence-electron chi connectivity index (χ1n) is 10.6. The zero-order valence-corrected chi connectivity index (χ0v) is 20.1. The number of aliphatic imine (C=N–C) groups is 1. The van der Waals surface area contributed by atoms with Crippen molar-refractivity contribution in [1.82, 2.24) is 9.80 Å². The molecule has 0 spiro atoms. The van der Waals surface area contributed by atoms with Crippen molar-refractivity contribution in [3.63, 3.8) is 0 Å². The minimum Gasteiger partial charge on any atom is -0.370 e. The number of halogens is 2. The van der Waals surface area contributed by atoms with E-state index in [1.54, 1.807) is 36.4 Å². The Morgan fingerprint density at radius 2 is 1.50 bits per heavy atom. The Kier molecular flexibility index (Phi) is 8.05. The molecule has 4 rings (SSSR count). The van der Waals surface area contributed by atoms with Crippen molar-refractivity contribution in [2.24, 2.45) is 10.7 Å². The van der Waals surface area contributed by atoms with Crippen LogP contribution in [0.1, 0.15) is 33.6 Å². The quantitative estimate of drug-likeness (QED) is 0.196.